The van der Waals surface area contributed by atoms with Crippen molar-refractivity contribution in [2.45, 2.75) is 41.5 Å². The molecule has 1 heterocycles. The minimum absolute atomic E-state index is 1.03. The van der Waals surface area contributed by atoms with Crippen LogP contribution in [0.25, 0.3) is 12.2 Å². The Morgan fingerprint density at radius 1 is 0.938 bits per heavy atom. The molecule has 1 rings (SSSR count). The number of aromatic nitrogens is 1. The molecule has 0 N–H and O–H groups in total. The highest BCUT2D eigenvalue weighted by atomic mass is 14.7. The first-order chi connectivity index (χ1) is 7.88. The molecule has 0 radical (unpaired) electrons. The second-order valence-electron chi connectivity index (χ2n) is 2.48. The monoisotopic (exact) mass is 219 g/mol. The minimum atomic E-state index is 1.03. The Labute approximate surface area is 101 Å². The van der Waals surface area contributed by atoms with E-state index in [-0.39, 0.29) is 0 Å². The maximum absolute atomic E-state index is 4.25. The smallest absolute Gasteiger partial charge is 0.0698 e. The van der Waals surface area contributed by atoms with Crippen molar-refractivity contribution < 1.29 is 0 Å². The van der Waals surface area contributed by atoms with Crippen LogP contribution in [0.4, 0.5) is 0 Å². The topological polar surface area (TPSA) is 12.9 Å². The Kier molecular flexibility index (Phi) is 14.5. The largest absolute Gasteiger partial charge is 0.256 e. The number of rotatable bonds is 2. The summed E-state index contributed by atoms with van der Waals surface area (Å²) in [5.41, 5.74) is 2.19. The Morgan fingerprint density at radius 3 is 2.00 bits per heavy atom. The minimum Gasteiger partial charge on any atom is -0.256 e. The van der Waals surface area contributed by atoms with Gasteiger partial charge in [0.1, 0.15) is 0 Å². The van der Waals surface area contributed by atoms with E-state index in [1.165, 1.54) is 0 Å². The van der Waals surface area contributed by atoms with Crippen molar-refractivity contribution in [1.29, 1.82) is 0 Å². The van der Waals surface area contributed by atoms with Gasteiger partial charge in [-0.25, -0.2) is 0 Å². The standard InChI is InChI=1S/C11H13N.2C2H6/c1-3-6-10-8-5-9-12-11(10)7-4-2;2*1-2/h3-9H,1-2H3;2*1-2H3/b6-3-,7-4-;;. The van der Waals surface area contributed by atoms with Crippen LogP contribution in [0.2, 0.25) is 0 Å². The third-order valence-corrected chi connectivity index (χ3v) is 1.54. The van der Waals surface area contributed by atoms with Crippen LogP contribution in [0.15, 0.2) is 30.5 Å². The fraction of sp³-hybridized carbons (Fsp3) is 0.400. The van der Waals surface area contributed by atoms with Crippen molar-refractivity contribution in [1.82, 2.24) is 4.98 Å². The highest BCUT2D eigenvalue weighted by molar-refractivity contribution is 5.61. The van der Waals surface area contributed by atoms with Crippen LogP contribution in [0.1, 0.15) is 52.8 Å². The molecule has 1 aromatic heterocycles. The van der Waals surface area contributed by atoms with Gasteiger partial charge in [0.2, 0.25) is 0 Å². The lowest BCUT2D eigenvalue weighted by Gasteiger charge is -1.97. The first kappa shape index (κ1) is 17.0. The van der Waals surface area contributed by atoms with Crippen molar-refractivity contribution in [3.05, 3.63) is 41.7 Å². The summed E-state index contributed by atoms with van der Waals surface area (Å²) in [7, 11) is 0. The van der Waals surface area contributed by atoms with Crippen molar-refractivity contribution >= 4 is 12.2 Å². The predicted molar refractivity (Wildman–Crippen MR) is 76.3 cm³/mol. The molecule has 0 spiro atoms. The van der Waals surface area contributed by atoms with Crippen molar-refractivity contribution in [3.8, 4) is 0 Å². The van der Waals surface area contributed by atoms with Gasteiger partial charge < -0.3 is 0 Å². The van der Waals surface area contributed by atoms with Crippen LogP contribution in [-0.2, 0) is 0 Å². The van der Waals surface area contributed by atoms with E-state index >= 15 is 0 Å². The summed E-state index contributed by atoms with van der Waals surface area (Å²) in [6.07, 6.45) is 9.89. The Balaban J connectivity index is 0. The van der Waals surface area contributed by atoms with Gasteiger partial charge in [0, 0.05) is 6.20 Å². The summed E-state index contributed by atoms with van der Waals surface area (Å²) in [6, 6.07) is 4.00. The third kappa shape index (κ3) is 6.99. The molecule has 0 atom stereocenters. The molecule has 0 unspecified atom stereocenters. The van der Waals surface area contributed by atoms with E-state index in [1.807, 2.05) is 72.0 Å². The number of hydrogen-bond donors (Lipinski definition) is 0. The zero-order chi connectivity index (χ0) is 12.8. The molecule has 16 heavy (non-hydrogen) atoms. The van der Waals surface area contributed by atoms with E-state index in [0.717, 1.165) is 11.3 Å². The van der Waals surface area contributed by atoms with Gasteiger partial charge in [0.05, 0.1) is 5.69 Å². The lowest BCUT2D eigenvalue weighted by atomic mass is 10.1. The van der Waals surface area contributed by atoms with E-state index in [9.17, 15) is 0 Å². The summed E-state index contributed by atoms with van der Waals surface area (Å²) >= 11 is 0. The van der Waals surface area contributed by atoms with Gasteiger partial charge in [-0.2, -0.15) is 0 Å². The number of hydrogen-bond acceptors (Lipinski definition) is 1. The maximum Gasteiger partial charge on any atom is 0.0698 e. The molecule has 1 aromatic rings. The lowest BCUT2D eigenvalue weighted by Crippen LogP contribution is -1.83. The van der Waals surface area contributed by atoms with E-state index in [4.69, 9.17) is 0 Å². The fourth-order valence-corrected chi connectivity index (χ4v) is 1.05. The van der Waals surface area contributed by atoms with Crippen molar-refractivity contribution in [2.24, 2.45) is 0 Å². The molecule has 0 aromatic carbocycles. The summed E-state index contributed by atoms with van der Waals surface area (Å²) < 4.78 is 0. The van der Waals surface area contributed by atoms with E-state index in [1.54, 1.807) is 0 Å². The van der Waals surface area contributed by atoms with E-state index < -0.39 is 0 Å². The highest BCUT2D eigenvalue weighted by Gasteiger charge is 1.92. The molecule has 1 nitrogen and oxygen atoms in total. The molecule has 0 saturated heterocycles. The van der Waals surface area contributed by atoms with Gasteiger partial charge in [-0.15, -0.1) is 0 Å². The van der Waals surface area contributed by atoms with Crippen LogP contribution in [-0.4, -0.2) is 4.98 Å². The molecular formula is C15H25N. The Morgan fingerprint density at radius 2 is 1.50 bits per heavy atom. The molecule has 0 saturated carbocycles. The SMILES string of the molecule is C/C=C\c1cccnc1/C=C\C.CC.CC. The van der Waals surface area contributed by atoms with E-state index in [2.05, 4.69) is 17.1 Å². The first-order valence-corrected chi connectivity index (χ1v) is 6.09. The second kappa shape index (κ2) is 13.6. The quantitative estimate of drug-likeness (QED) is 0.666. The molecule has 1 heteroatoms. The highest BCUT2D eigenvalue weighted by Crippen LogP contribution is 2.08. The fourth-order valence-electron chi connectivity index (χ4n) is 1.05. The molecule has 0 bridgehead atoms. The zero-order valence-electron chi connectivity index (χ0n) is 11.5. The van der Waals surface area contributed by atoms with Gasteiger partial charge >= 0.3 is 0 Å². The summed E-state index contributed by atoms with van der Waals surface area (Å²) in [6.45, 7) is 12.0. The molecule has 0 fully saturated rings. The van der Waals surface area contributed by atoms with E-state index in [0.29, 0.717) is 0 Å². The Hall–Kier alpha value is -1.37. The van der Waals surface area contributed by atoms with Crippen molar-refractivity contribution in [2.75, 3.05) is 0 Å². The maximum atomic E-state index is 4.25. The van der Waals surface area contributed by atoms with Gasteiger partial charge in [0.15, 0.2) is 0 Å². The molecule has 0 aliphatic rings. The van der Waals surface area contributed by atoms with Gasteiger partial charge in [-0.3, -0.25) is 4.98 Å². The molecule has 90 valence electrons. The van der Waals surface area contributed by atoms with Gasteiger partial charge in [-0.05, 0) is 31.6 Å². The number of pyridine rings is 1. The molecular weight excluding hydrogens is 194 g/mol. The lowest BCUT2D eigenvalue weighted by molar-refractivity contribution is 1.28. The average Bonchev–Trinajstić information content (AvgIpc) is 2.37. The van der Waals surface area contributed by atoms with Gasteiger partial charge in [-0.1, -0.05) is 52.0 Å². The summed E-state index contributed by atoms with van der Waals surface area (Å²) in [4.78, 5) is 4.25. The second-order valence-corrected chi connectivity index (χ2v) is 2.48. The third-order valence-electron chi connectivity index (χ3n) is 1.54. The van der Waals surface area contributed by atoms with Crippen LogP contribution in [0.3, 0.4) is 0 Å². The van der Waals surface area contributed by atoms with Crippen LogP contribution in [0, 0.1) is 0 Å². The zero-order valence-corrected chi connectivity index (χ0v) is 11.5. The average molecular weight is 219 g/mol. The van der Waals surface area contributed by atoms with Crippen LogP contribution >= 0.6 is 0 Å². The number of nitrogens with zero attached hydrogens (tertiary/aromatic N) is 1. The first-order valence-electron chi connectivity index (χ1n) is 6.09. The van der Waals surface area contributed by atoms with Crippen LogP contribution < -0.4 is 0 Å². The Bertz CT molecular complexity index is 267. The summed E-state index contributed by atoms with van der Waals surface area (Å²) in [5, 5.41) is 0. The molecule has 0 aliphatic carbocycles. The predicted octanol–water partition coefficient (Wildman–Crippen LogP) is 5.20. The van der Waals surface area contributed by atoms with Crippen molar-refractivity contribution in [3.63, 3.8) is 0 Å². The number of allylic oxidation sites excluding steroid dienone is 2. The molecule has 0 amide bonds. The summed E-state index contributed by atoms with van der Waals surface area (Å²) in [5.74, 6) is 0. The molecule has 0 aliphatic heterocycles. The van der Waals surface area contributed by atoms with Crippen LogP contribution in [0.5, 0.6) is 0 Å². The van der Waals surface area contributed by atoms with Gasteiger partial charge in [0.25, 0.3) is 0 Å². The normalized spacial score (nSPS) is 9.38.